The Hall–Kier alpha value is -0.590. The minimum absolute atomic E-state index is 0.0929. The molecule has 0 radical (unpaired) electrons. The molecule has 1 saturated carbocycles. The van der Waals surface area contributed by atoms with Gasteiger partial charge in [0, 0.05) is 4.47 Å². The molecule has 1 aromatic rings. The lowest BCUT2D eigenvalue weighted by atomic mass is 10.2. The minimum atomic E-state index is -3.25. The zero-order valence-corrected chi connectivity index (χ0v) is 14.1. The van der Waals surface area contributed by atoms with Crippen molar-refractivity contribution in [2.75, 3.05) is 0 Å². The van der Waals surface area contributed by atoms with Gasteiger partial charge >= 0.3 is 0 Å². The van der Waals surface area contributed by atoms with E-state index in [2.05, 4.69) is 20.7 Å². The van der Waals surface area contributed by atoms with E-state index in [1.54, 1.807) is 13.8 Å². The molecule has 1 aliphatic carbocycles. The van der Waals surface area contributed by atoms with E-state index in [0.29, 0.717) is 0 Å². The Bertz CT molecular complexity index is 542. The summed E-state index contributed by atoms with van der Waals surface area (Å²) in [6, 6.07) is 7.47. The molecule has 4 nitrogen and oxygen atoms in total. The fourth-order valence-corrected chi connectivity index (χ4v) is 3.47. The van der Waals surface area contributed by atoms with E-state index in [1.165, 1.54) is 0 Å². The maximum absolute atomic E-state index is 12.0. The van der Waals surface area contributed by atoms with Crippen LogP contribution in [0.25, 0.3) is 0 Å². The van der Waals surface area contributed by atoms with Crippen LogP contribution in [0.3, 0.4) is 0 Å². The van der Waals surface area contributed by atoms with Gasteiger partial charge in [-0.2, -0.15) is 0 Å². The molecule has 1 N–H and O–H groups in total. The van der Waals surface area contributed by atoms with Gasteiger partial charge in [-0.15, -0.1) is 0 Å². The Morgan fingerprint density at radius 2 is 1.90 bits per heavy atom. The Balaban J connectivity index is 2.02. The molecule has 2 rings (SSSR count). The average molecular weight is 362 g/mol. The molecule has 0 amide bonds. The lowest BCUT2D eigenvalue weighted by Gasteiger charge is -2.23. The summed E-state index contributed by atoms with van der Waals surface area (Å²) in [5.41, 5.74) is 0. The molecule has 0 spiro atoms. The van der Waals surface area contributed by atoms with Gasteiger partial charge in [-0.25, -0.2) is 13.1 Å². The summed E-state index contributed by atoms with van der Waals surface area (Å²) in [4.78, 5) is 0. The first-order chi connectivity index (χ1) is 9.38. The monoisotopic (exact) mass is 361 g/mol. The number of hydrogen-bond donors (Lipinski definition) is 1. The van der Waals surface area contributed by atoms with E-state index in [-0.39, 0.29) is 12.1 Å². The molecule has 112 valence electrons. The molecular formula is C14H20BrNO3S. The van der Waals surface area contributed by atoms with Crippen molar-refractivity contribution in [3.63, 3.8) is 0 Å². The summed E-state index contributed by atoms with van der Waals surface area (Å²) >= 11 is 3.38. The van der Waals surface area contributed by atoms with Crippen molar-refractivity contribution >= 4 is 26.0 Å². The van der Waals surface area contributed by atoms with Crippen LogP contribution in [0.5, 0.6) is 5.75 Å². The van der Waals surface area contributed by atoms with Crippen molar-refractivity contribution in [2.24, 2.45) is 0 Å². The van der Waals surface area contributed by atoms with E-state index < -0.39 is 15.3 Å². The summed E-state index contributed by atoms with van der Waals surface area (Å²) in [5.74, 6) is 0.772. The molecule has 1 aliphatic rings. The van der Waals surface area contributed by atoms with E-state index in [1.807, 2.05) is 24.3 Å². The van der Waals surface area contributed by atoms with E-state index in [9.17, 15) is 8.42 Å². The topological polar surface area (TPSA) is 55.4 Å². The number of rotatable bonds is 5. The highest BCUT2D eigenvalue weighted by Gasteiger charge is 2.33. The van der Waals surface area contributed by atoms with Crippen molar-refractivity contribution in [1.82, 2.24) is 4.72 Å². The molecule has 0 saturated heterocycles. The number of halogens is 1. The number of hydrogen-bond acceptors (Lipinski definition) is 3. The van der Waals surface area contributed by atoms with Crippen LogP contribution < -0.4 is 9.46 Å². The molecule has 0 bridgehead atoms. The van der Waals surface area contributed by atoms with Crippen LogP contribution in [0, 0.1) is 0 Å². The average Bonchev–Trinajstić information content (AvgIpc) is 2.79. The van der Waals surface area contributed by atoms with Gasteiger partial charge in [0.05, 0.1) is 11.3 Å². The summed E-state index contributed by atoms with van der Waals surface area (Å²) in [6.07, 6.45) is 2.59. The zero-order chi connectivity index (χ0) is 14.8. The highest BCUT2D eigenvalue weighted by molar-refractivity contribution is 9.10. The fourth-order valence-electron chi connectivity index (χ4n) is 2.24. The first-order valence-electron chi connectivity index (χ1n) is 6.82. The maximum Gasteiger partial charge on any atom is 0.214 e. The van der Waals surface area contributed by atoms with Crippen LogP contribution in [0.2, 0.25) is 0 Å². The lowest BCUT2D eigenvalue weighted by molar-refractivity contribution is 0.185. The van der Waals surface area contributed by atoms with E-state index in [0.717, 1.165) is 29.5 Å². The van der Waals surface area contributed by atoms with Gasteiger partial charge in [-0.1, -0.05) is 15.9 Å². The molecule has 2 unspecified atom stereocenters. The standard InChI is InChI=1S/C14H20BrNO3S/c1-10(2)20(17,18)16-13-4-3-5-14(13)19-12-8-6-11(15)7-9-12/h6-10,13-14,16H,3-5H2,1-2H3. The van der Waals surface area contributed by atoms with Gasteiger partial charge in [0.2, 0.25) is 10.0 Å². The Morgan fingerprint density at radius 3 is 2.50 bits per heavy atom. The third kappa shape index (κ3) is 3.96. The van der Waals surface area contributed by atoms with Crippen LogP contribution in [-0.4, -0.2) is 25.8 Å². The quantitative estimate of drug-likeness (QED) is 0.876. The molecular weight excluding hydrogens is 342 g/mol. The maximum atomic E-state index is 12.0. The Kier molecular flexibility index (Phi) is 5.09. The van der Waals surface area contributed by atoms with Gasteiger partial charge < -0.3 is 4.74 Å². The third-order valence-corrected chi connectivity index (χ3v) is 5.89. The normalized spacial score (nSPS) is 23.2. The smallest absolute Gasteiger partial charge is 0.214 e. The molecule has 0 aliphatic heterocycles. The number of benzene rings is 1. The van der Waals surface area contributed by atoms with Crippen LogP contribution in [-0.2, 0) is 10.0 Å². The second-order valence-electron chi connectivity index (χ2n) is 5.36. The Morgan fingerprint density at radius 1 is 1.25 bits per heavy atom. The predicted octanol–water partition coefficient (Wildman–Crippen LogP) is 3.08. The summed E-state index contributed by atoms with van der Waals surface area (Å²) in [5, 5.41) is -0.420. The molecule has 20 heavy (non-hydrogen) atoms. The van der Waals surface area contributed by atoms with Gasteiger partial charge in [0.25, 0.3) is 0 Å². The Labute approximate surface area is 129 Å². The number of ether oxygens (including phenoxy) is 1. The van der Waals surface area contributed by atoms with Crippen molar-refractivity contribution in [1.29, 1.82) is 0 Å². The highest BCUT2D eigenvalue weighted by atomic mass is 79.9. The largest absolute Gasteiger partial charge is 0.489 e. The van der Waals surface area contributed by atoms with Crippen LogP contribution in [0.15, 0.2) is 28.7 Å². The minimum Gasteiger partial charge on any atom is -0.489 e. The summed E-state index contributed by atoms with van der Waals surface area (Å²) in [6.45, 7) is 3.36. The van der Waals surface area contributed by atoms with E-state index >= 15 is 0 Å². The zero-order valence-electron chi connectivity index (χ0n) is 11.7. The molecule has 1 aromatic carbocycles. The number of nitrogens with one attached hydrogen (secondary N) is 1. The third-order valence-electron chi connectivity index (χ3n) is 3.49. The second-order valence-corrected chi connectivity index (χ2v) is 8.54. The summed E-state index contributed by atoms with van der Waals surface area (Å²) < 4.78 is 33.6. The molecule has 1 fully saturated rings. The molecule has 0 aromatic heterocycles. The lowest BCUT2D eigenvalue weighted by Crippen LogP contribution is -2.44. The first kappa shape index (κ1) is 15.8. The summed E-state index contributed by atoms with van der Waals surface area (Å²) in [7, 11) is -3.25. The van der Waals surface area contributed by atoms with Crippen LogP contribution >= 0.6 is 15.9 Å². The first-order valence-corrected chi connectivity index (χ1v) is 9.16. The second kappa shape index (κ2) is 6.45. The number of sulfonamides is 1. The van der Waals surface area contributed by atoms with Gasteiger partial charge in [0.1, 0.15) is 11.9 Å². The molecule has 6 heteroatoms. The van der Waals surface area contributed by atoms with Crippen LogP contribution in [0.1, 0.15) is 33.1 Å². The van der Waals surface area contributed by atoms with Gasteiger partial charge in [0.15, 0.2) is 0 Å². The predicted molar refractivity (Wildman–Crippen MR) is 83.4 cm³/mol. The van der Waals surface area contributed by atoms with Gasteiger partial charge in [-0.3, -0.25) is 0 Å². The van der Waals surface area contributed by atoms with Crippen molar-refractivity contribution in [2.45, 2.75) is 50.5 Å². The van der Waals surface area contributed by atoms with Crippen molar-refractivity contribution in [3.05, 3.63) is 28.7 Å². The molecule has 2 atom stereocenters. The SMILES string of the molecule is CC(C)S(=O)(=O)NC1CCCC1Oc1ccc(Br)cc1. The van der Waals surface area contributed by atoms with Crippen LogP contribution in [0.4, 0.5) is 0 Å². The van der Waals surface area contributed by atoms with E-state index in [4.69, 9.17) is 4.74 Å². The van der Waals surface area contributed by atoms with Crippen molar-refractivity contribution < 1.29 is 13.2 Å². The van der Waals surface area contributed by atoms with Gasteiger partial charge in [-0.05, 0) is 57.4 Å². The highest BCUT2D eigenvalue weighted by Crippen LogP contribution is 2.26. The van der Waals surface area contributed by atoms with Crippen molar-refractivity contribution in [3.8, 4) is 5.75 Å². The fraction of sp³-hybridized carbons (Fsp3) is 0.571. The molecule has 0 heterocycles.